The van der Waals surface area contributed by atoms with Crippen molar-refractivity contribution in [3.63, 3.8) is 0 Å². The Bertz CT molecular complexity index is 1300. The molecule has 1 unspecified atom stereocenters. The van der Waals surface area contributed by atoms with Gasteiger partial charge in [-0.25, -0.2) is 0 Å². The smallest absolute Gasteiger partial charge is 0.295 e. The highest BCUT2D eigenvalue weighted by Crippen LogP contribution is 2.53. The Morgan fingerprint density at radius 2 is 1.91 bits per heavy atom. The topological polar surface area (TPSA) is 70.2 Å². The van der Waals surface area contributed by atoms with Crippen molar-refractivity contribution in [2.75, 3.05) is 6.54 Å². The molecule has 2 fully saturated rings. The van der Waals surface area contributed by atoms with Crippen molar-refractivity contribution in [2.24, 2.45) is 21.1 Å². The fourth-order valence-electron chi connectivity index (χ4n) is 6.21. The normalized spacial score (nSPS) is 24.3. The Kier molecular flexibility index (Phi) is 5.86. The van der Waals surface area contributed by atoms with Gasteiger partial charge in [0, 0.05) is 33.0 Å². The van der Waals surface area contributed by atoms with Gasteiger partial charge in [-0.1, -0.05) is 48.3 Å². The third kappa shape index (κ3) is 4.41. The number of benzene rings is 2. The first-order valence-electron chi connectivity index (χ1n) is 11.5. The molecule has 2 aliphatic rings. The van der Waals surface area contributed by atoms with Crippen LogP contribution in [0.3, 0.4) is 0 Å². The third-order valence-corrected chi connectivity index (χ3v) is 7.90. The molecular formula is C26H28BrClN4O2. The number of carbonyl (C=O) groups is 1. The molecule has 1 aromatic heterocycles. The lowest BCUT2D eigenvalue weighted by atomic mass is 9.65. The van der Waals surface area contributed by atoms with Crippen molar-refractivity contribution in [2.45, 2.75) is 52.7 Å². The van der Waals surface area contributed by atoms with Crippen LogP contribution in [-0.2, 0) is 6.67 Å². The standard InChI is InChI=1S/C26H28BrClN4O2/c1-25(2)11-19-12-26(3,13-25)14-31(19)15-32-21-9-6-17(27)10-20(21)22(24(32)34)29-30-23(33)16-4-7-18(28)8-5-16/h4-10,19,34H,11-15H2,1-3H3/t19?,26-/m1/s1. The summed E-state index contributed by atoms with van der Waals surface area (Å²) in [6, 6.07) is 12.8. The number of rotatable bonds is 4. The molecule has 0 radical (unpaired) electrons. The van der Waals surface area contributed by atoms with Gasteiger partial charge in [-0.2, -0.15) is 0 Å². The van der Waals surface area contributed by atoms with Gasteiger partial charge in [-0.3, -0.25) is 14.3 Å². The largest absolute Gasteiger partial charge is 0.493 e. The lowest BCUT2D eigenvalue weighted by Crippen LogP contribution is -2.35. The van der Waals surface area contributed by atoms with Gasteiger partial charge in [-0.05, 0) is 72.6 Å². The molecule has 1 aliphatic carbocycles. The minimum atomic E-state index is -0.490. The van der Waals surface area contributed by atoms with Gasteiger partial charge in [0.2, 0.25) is 5.88 Å². The molecule has 1 amide bonds. The molecule has 2 bridgehead atoms. The quantitative estimate of drug-likeness (QED) is 0.345. The Morgan fingerprint density at radius 1 is 1.18 bits per heavy atom. The van der Waals surface area contributed by atoms with Crippen molar-refractivity contribution >= 4 is 50.0 Å². The van der Waals surface area contributed by atoms with E-state index in [-0.39, 0.29) is 5.88 Å². The highest BCUT2D eigenvalue weighted by molar-refractivity contribution is 9.10. The van der Waals surface area contributed by atoms with E-state index in [2.05, 4.69) is 51.8 Å². The van der Waals surface area contributed by atoms with Crippen LogP contribution in [0, 0.1) is 10.8 Å². The van der Waals surface area contributed by atoms with E-state index in [9.17, 15) is 9.90 Å². The van der Waals surface area contributed by atoms with Crippen LogP contribution in [0.2, 0.25) is 5.02 Å². The van der Waals surface area contributed by atoms with Crippen LogP contribution < -0.4 is 0 Å². The Labute approximate surface area is 212 Å². The van der Waals surface area contributed by atoms with Crippen molar-refractivity contribution < 1.29 is 9.90 Å². The van der Waals surface area contributed by atoms with Gasteiger partial charge in [0.15, 0.2) is 5.69 Å². The predicted octanol–water partition coefficient (Wildman–Crippen LogP) is 7.55. The second-order valence-corrected chi connectivity index (χ2v) is 12.2. The molecule has 1 aliphatic heterocycles. The maximum Gasteiger partial charge on any atom is 0.295 e. The summed E-state index contributed by atoms with van der Waals surface area (Å²) in [5, 5.41) is 20.6. The van der Waals surface area contributed by atoms with E-state index in [4.69, 9.17) is 11.6 Å². The Hall–Kier alpha value is -2.22. The molecule has 1 saturated heterocycles. The maximum absolute atomic E-state index is 12.5. The van der Waals surface area contributed by atoms with Gasteiger partial charge in [-0.15, -0.1) is 10.2 Å². The number of nitrogens with zero attached hydrogens (tertiary/aromatic N) is 4. The maximum atomic E-state index is 12.5. The molecule has 8 heteroatoms. The van der Waals surface area contributed by atoms with E-state index < -0.39 is 5.91 Å². The molecule has 2 atom stereocenters. The summed E-state index contributed by atoms with van der Waals surface area (Å²) < 4.78 is 2.75. The number of aromatic nitrogens is 1. The molecule has 178 valence electrons. The fraction of sp³-hybridized carbons (Fsp3) is 0.423. The summed E-state index contributed by atoms with van der Waals surface area (Å²) in [7, 11) is 0. The van der Waals surface area contributed by atoms with E-state index in [1.54, 1.807) is 24.3 Å². The van der Waals surface area contributed by atoms with Gasteiger partial charge in [0.1, 0.15) is 0 Å². The molecule has 0 spiro atoms. The summed E-state index contributed by atoms with van der Waals surface area (Å²) in [6.45, 7) is 8.67. The monoisotopic (exact) mass is 542 g/mol. The highest BCUT2D eigenvalue weighted by Gasteiger charge is 2.49. The Morgan fingerprint density at radius 3 is 2.65 bits per heavy atom. The lowest BCUT2D eigenvalue weighted by Gasteiger charge is -2.40. The highest BCUT2D eigenvalue weighted by atomic mass is 79.9. The minimum absolute atomic E-state index is 0.0200. The van der Waals surface area contributed by atoms with E-state index in [0.29, 0.717) is 39.8 Å². The molecule has 2 heterocycles. The predicted molar refractivity (Wildman–Crippen MR) is 138 cm³/mol. The number of aromatic hydroxyl groups is 1. The number of azo groups is 1. The second-order valence-electron chi connectivity index (χ2n) is 10.9. The van der Waals surface area contributed by atoms with E-state index >= 15 is 0 Å². The zero-order valence-electron chi connectivity index (χ0n) is 19.6. The molecule has 5 rings (SSSR count). The number of hydrogen-bond donors (Lipinski definition) is 1. The fourth-order valence-corrected chi connectivity index (χ4v) is 6.69. The zero-order valence-corrected chi connectivity index (χ0v) is 21.9. The molecule has 6 nitrogen and oxygen atoms in total. The average molecular weight is 544 g/mol. The van der Waals surface area contributed by atoms with Crippen molar-refractivity contribution in [3.8, 4) is 5.88 Å². The number of halogens is 2. The first-order valence-corrected chi connectivity index (χ1v) is 12.7. The number of carbonyl (C=O) groups excluding carboxylic acids is 1. The summed E-state index contributed by atoms with van der Waals surface area (Å²) in [6.07, 6.45) is 3.55. The van der Waals surface area contributed by atoms with Gasteiger partial charge < -0.3 is 5.11 Å². The van der Waals surface area contributed by atoms with E-state index in [1.807, 2.05) is 22.8 Å². The van der Waals surface area contributed by atoms with Crippen LogP contribution in [-0.4, -0.2) is 33.1 Å². The molecule has 1 N–H and O–H groups in total. The van der Waals surface area contributed by atoms with Gasteiger partial charge >= 0.3 is 0 Å². The van der Waals surface area contributed by atoms with Crippen LogP contribution in [0.25, 0.3) is 10.9 Å². The lowest BCUT2D eigenvalue weighted by molar-refractivity contribution is 0.0995. The molecule has 2 aromatic carbocycles. The number of amides is 1. The van der Waals surface area contributed by atoms with E-state index in [0.717, 1.165) is 28.3 Å². The molecule has 1 saturated carbocycles. The second kappa shape index (κ2) is 8.47. The van der Waals surface area contributed by atoms with Crippen LogP contribution in [0.4, 0.5) is 5.69 Å². The SMILES string of the molecule is CC1(C)CC2C[C@@](C)(CN2Cn2c(O)c(N=NC(=O)c3ccc(Cl)cc3)c3cc(Br)ccc32)C1. The molecule has 34 heavy (non-hydrogen) atoms. The van der Waals surface area contributed by atoms with Gasteiger partial charge in [0.05, 0.1) is 12.2 Å². The number of likely N-dealkylation sites (tertiary alicyclic amines) is 1. The van der Waals surface area contributed by atoms with Crippen LogP contribution >= 0.6 is 27.5 Å². The van der Waals surface area contributed by atoms with E-state index in [1.165, 1.54) is 12.8 Å². The molecule has 3 aromatic rings. The number of hydrogen-bond acceptors (Lipinski definition) is 4. The Balaban J connectivity index is 1.49. The first-order chi connectivity index (χ1) is 16.0. The number of fused-ring (bicyclic) bond motifs is 3. The summed E-state index contributed by atoms with van der Waals surface area (Å²) in [4.78, 5) is 15.0. The zero-order chi connectivity index (χ0) is 24.3. The minimum Gasteiger partial charge on any atom is -0.493 e. The van der Waals surface area contributed by atoms with Crippen LogP contribution in [0.5, 0.6) is 5.88 Å². The van der Waals surface area contributed by atoms with Crippen molar-refractivity contribution in [1.82, 2.24) is 9.47 Å². The van der Waals surface area contributed by atoms with Crippen molar-refractivity contribution in [1.29, 1.82) is 0 Å². The molecular weight excluding hydrogens is 516 g/mol. The van der Waals surface area contributed by atoms with Crippen LogP contribution in [0.15, 0.2) is 57.2 Å². The summed E-state index contributed by atoms with van der Waals surface area (Å²) >= 11 is 9.43. The summed E-state index contributed by atoms with van der Waals surface area (Å²) in [5.41, 5.74) is 2.16. The average Bonchev–Trinajstić information content (AvgIpc) is 3.15. The van der Waals surface area contributed by atoms with Crippen LogP contribution in [0.1, 0.15) is 50.4 Å². The summed E-state index contributed by atoms with van der Waals surface area (Å²) in [5.74, 6) is -0.470. The van der Waals surface area contributed by atoms with Crippen molar-refractivity contribution in [3.05, 3.63) is 57.5 Å². The van der Waals surface area contributed by atoms with Gasteiger partial charge in [0.25, 0.3) is 5.91 Å². The first kappa shape index (κ1) is 23.5. The third-order valence-electron chi connectivity index (χ3n) is 7.15.